The molecule has 2 aromatic heterocycles. The van der Waals surface area contributed by atoms with Crippen molar-refractivity contribution in [3.63, 3.8) is 0 Å². The van der Waals surface area contributed by atoms with Crippen molar-refractivity contribution in [2.45, 2.75) is 18.1 Å². The van der Waals surface area contributed by atoms with Gasteiger partial charge < -0.3 is 5.73 Å². The normalized spacial score (nSPS) is 12.4. The van der Waals surface area contributed by atoms with Crippen molar-refractivity contribution < 1.29 is 0 Å². The molecule has 0 spiro atoms. The summed E-state index contributed by atoms with van der Waals surface area (Å²) < 4.78 is 1.60. The molecule has 0 aliphatic heterocycles. The van der Waals surface area contributed by atoms with Crippen molar-refractivity contribution >= 4 is 23.1 Å². The van der Waals surface area contributed by atoms with E-state index in [0.717, 1.165) is 0 Å². The van der Waals surface area contributed by atoms with E-state index in [0.29, 0.717) is 21.0 Å². The number of rotatable bonds is 3. The van der Waals surface area contributed by atoms with Gasteiger partial charge in [0.1, 0.15) is 10.9 Å². The Hall–Kier alpha value is -1.43. The fourth-order valence-corrected chi connectivity index (χ4v) is 2.26. The summed E-state index contributed by atoms with van der Waals surface area (Å²) in [6.45, 7) is 1.84. The van der Waals surface area contributed by atoms with E-state index in [2.05, 4.69) is 15.1 Å². The molecule has 0 aliphatic carbocycles. The number of thiazole rings is 1. The minimum absolute atomic E-state index is 0.238. The lowest BCUT2D eigenvalue weighted by atomic mass is 10.3. The average Bonchev–Trinajstić information content (AvgIpc) is 2.94. The van der Waals surface area contributed by atoms with Gasteiger partial charge in [0.2, 0.25) is 10.3 Å². The number of hydrogen-bond acceptors (Lipinski definition) is 7. The summed E-state index contributed by atoms with van der Waals surface area (Å²) in [7, 11) is 0. The van der Waals surface area contributed by atoms with Gasteiger partial charge in [-0.1, -0.05) is 23.1 Å². The smallest absolute Gasteiger partial charge is 0.213 e. The van der Waals surface area contributed by atoms with E-state index in [1.807, 2.05) is 19.2 Å². The van der Waals surface area contributed by atoms with E-state index >= 15 is 0 Å². The fourth-order valence-electron chi connectivity index (χ4n) is 1.24. The Kier molecular flexibility index (Phi) is 3.42. The van der Waals surface area contributed by atoms with Crippen LogP contribution in [0.1, 0.15) is 23.7 Å². The van der Waals surface area contributed by atoms with Crippen LogP contribution in [0.4, 0.5) is 0 Å². The van der Waals surface area contributed by atoms with Crippen LogP contribution in [0.25, 0.3) is 5.13 Å². The zero-order valence-electron chi connectivity index (χ0n) is 9.28. The van der Waals surface area contributed by atoms with Gasteiger partial charge in [0.25, 0.3) is 0 Å². The molecule has 2 N–H and O–H groups in total. The molecule has 0 fully saturated rings. The molecular formula is C9H10N6S2. The number of nitrogens with two attached hydrogens (primary N) is 1. The largest absolute Gasteiger partial charge is 0.322 e. The molecule has 2 rings (SSSR count). The van der Waals surface area contributed by atoms with Crippen molar-refractivity contribution in [2.24, 2.45) is 5.73 Å². The quantitative estimate of drug-likeness (QED) is 0.842. The molecule has 2 heterocycles. The van der Waals surface area contributed by atoms with Crippen molar-refractivity contribution in [3.05, 3.63) is 16.9 Å². The van der Waals surface area contributed by atoms with E-state index in [9.17, 15) is 0 Å². The predicted molar refractivity (Wildman–Crippen MR) is 66.1 cm³/mol. The molecule has 0 radical (unpaired) electrons. The Labute approximate surface area is 106 Å². The zero-order chi connectivity index (χ0) is 12.4. The highest BCUT2D eigenvalue weighted by Gasteiger charge is 2.16. The van der Waals surface area contributed by atoms with E-state index < -0.39 is 0 Å². The van der Waals surface area contributed by atoms with Crippen LogP contribution >= 0.6 is 23.1 Å². The number of nitrogens with zero attached hydrogens (tertiary/aromatic N) is 5. The number of nitriles is 1. The standard InChI is InChI=1S/C9H10N6S2/c1-5(11)7-13-8(16-2)14-15(7)9-12-4-6(3-10)17-9/h4-5H,11H2,1-2H3. The van der Waals surface area contributed by atoms with Gasteiger partial charge in [0.05, 0.1) is 12.2 Å². The zero-order valence-corrected chi connectivity index (χ0v) is 10.9. The molecule has 0 bridgehead atoms. The fraction of sp³-hybridized carbons (Fsp3) is 0.333. The molecule has 0 saturated heterocycles. The predicted octanol–water partition coefficient (Wildman–Crippen LogP) is 1.34. The third kappa shape index (κ3) is 2.31. The summed E-state index contributed by atoms with van der Waals surface area (Å²) in [6.07, 6.45) is 3.42. The van der Waals surface area contributed by atoms with Crippen LogP contribution in [0, 0.1) is 11.3 Å². The van der Waals surface area contributed by atoms with Crippen LogP contribution in [0.3, 0.4) is 0 Å². The van der Waals surface area contributed by atoms with E-state index in [1.54, 1.807) is 4.68 Å². The molecule has 6 nitrogen and oxygen atoms in total. The second kappa shape index (κ2) is 4.83. The Morgan fingerprint density at radius 1 is 1.65 bits per heavy atom. The molecule has 0 aromatic carbocycles. The number of thioether (sulfide) groups is 1. The van der Waals surface area contributed by atoms with Gasteiger partial charge in [-0.05, 0) is 13.2 Å². The molecule has 1 unspecified atom stereocenters. The molecule has 8 heteroatoms. The first-order valence-electron chi connectivity index (χ1n) is 4.78. The number of aromatic nitrogens is 4. The van der Waals surface area contributed by atoms with Crippen molar-refractivity contribution in [2.75, 3.05) is 6.26 Å². The van der Waals surface area contributed by atoms with Crippen LogP contribution in [0.5, 0.6) is 0 Å². The first-order chi connectivity index (χ1) is 8.15. The molecule has 2 aromatic rings. The van der Waals surface area contributed by atoms with Crippen LogP contribution in [-0.4, -0.2) is 26.0 Å². The van der Waals surface area contributed by atoms with Gasteiger partial charge in [-0.2, -0.15) is 9.94 Å². The number of hydrogen-bond donors (Lipinski definition) is 1. The topological polar surface area (TPSA) is 93.4 Å². The third-order valence-corrected chi connectivity index (χ3v) is 3.40. The summed E-state index contributed by atoms with van der Waals surface area (Å²) in [4.78, 5) is 8.99. The summed E-state index contributed by atoms with van der Waals surface area (Å²) in [5, 5.41) is 14.3. The highest BCUT2D eigenvalue weighted by atomic mass is 32.2. The SMILES string of the molecule is CSc1nc(C(C)N)n(-c2ncc(C#N)s2)n1. The lowest BCUT2D eigenvalue weighted by molar-refractivity contribution is 0.687. The lowest BCUT2D eigenvalue weighted by Gasteiger charge is -2.03. The highest BCUT2D eigenvalue weighted by molar-refractivity contribution is 7.98. The molecule has 0 saturated carbocycles. The minimum Gasteiger partial charge on any atom is -0.322 e. The lowest BCUT2D eigenvalue weighted by Crippen LogP contribution is -2.13. The Bertz CT molecular complexity index is 564. The van der Waals surface area contributed by atoms with Gasteiger partial charge in [-0.3, -0.25) is 0 Å². The Balaban J connectivity index is 2.50. The van der Waals surface area contributed by atoms with Crippen LogP contribution in [0.15, 0.2) is 11.4 Å². The maximum Gasteiger partial charge on any atom is 0.213 e. The van der Waals surface area contributed by atoms with Crippen molar-refractivity contribution in [1.29, 1.82) is 5.26 Å². The molecule has 0 aliphatic rings. The van der Waals surface area contributed by atoms with Gasteiger partial charge in [0.15, 0.2) is 5.82 Å². The van der Waals surface area contributed by atoms with Gasteiger partial charge in [-0.15, -0.1) is 5.10 Å². The van der Waals surface area contributed by atoms with Gasteiger partial charge in [0, 0.05) is 0 Å². The molecule has 88 valence electrons. The molecule has 1 atom stereocenters. The Morgan fingerprint density at radius 3 is 2.94 bits per heavy atom. The second-order valence-corrected chi connectivity index (χ2v) is 5.06. The highest BCUT2D eigenvalue weighted by Crippen LogP contribution is 2.21. The minimum atomic E-state index is -0.238. The maximum absolute atomic E-state index is 8.77. The van der Waals surface area contributed by atoms with Crippen molar-refractivity contribution in [3.8, 4) is 11.2 Å². The molecule has 17 heavy (non-hydrogen) atoms. The van der Waals surface area contributed by atoms with Crippen LogP contribution in [0.2, 0.25) is 0 Å². The summed E-state index contributed by atoms with van der Waals surface area (Å²) in [6, 6.07) is 1.81. The Morgan fingerprint density at radius 2 is 2.41 bits per heavy atom. The monoisotopic (exact) mass is 266 g/mol. The van der Waals surface area contributed by atoms with E-state index in [-0.39, 0.29) is 6.04 Å². The van der Waals surface area contributed by atoms with Gasteiger partial charge >= 0.3 is 0 Å². The maximum atomic E-state index is 8.77. The summed E-state index contributed by atoms with van der Waals surface area (Å²) in [5.41, 5.74) is 5.84. The van der Waals surface area contributed by atoms with Gasteiger partial charge in [-0.25, -0.2) is 9.97 Å². The molecule has 0 amide bonds. The summed E-state index contributed by atoms with van der Waals surface area (Å²) in [5.74, 6) is 0.646. The van der Waals surface area contributed by atoms with Crippen LogP contribution < -0.4 is 5.73 Å². The average molecular weight is 266 g/mol. The third-order valence-electron chi connectivity index (χ3n) is 1.99. The summed E-state index contributed by atoms with van der Waals surface area (Å²) >= 11 is 2.71. The first kappa shape index (κ1) is 12.0. The first-order valence-corrected chi connectivity index (χ1v) is 6.82. The van der Waals surface area contributed by atoms with E-state index in [1.165, 1.54) is 29.3 Å². The van der Waals surface area contributed by atoms with Crippen molar-refractivity contribution in [1.82, 2.24) is 19.7 Å². The van der Waals surface area contributed by atoms with Crippen LogP contribution in [-0.2, 0) is 0 Å². The molecular weight excluding hydrogens is 256 g/mol. The second-order valence-electron chi connectivity index (χ2n) is 3.28. The van der Waals surface area contributed by atoms with E-state index in [4.69, 9.17) is 11.0 Å².